The Labute approximate surface area is 228 Å². The highest BCUT2D eigenvalue weighted by atomic mass is 35.5. The summed E-state index contributed by atoms with van der Waals surface area (Å²) < 4.78 is 41.8. The largest absolute Gasteiger partial charge is 0.508 e. The van der Waals surface area contributed by atoms with Crippen LogP contribution in [0.4, 0.5) is 5.69 Å². The first kappa shape index (κ1) is 29.5. The average molecular weight is 601 g/mol. The number of aliphatic carboxylic acids is 1. The van der Waals surface area contributed by atoms with Crippen LogP contribution in [0.25, 0.3) is 0 Å². The molecule has 0 saturated carbocycles. The summed E-state index contributed by atoms with van der Waals surface area (Å²) in [5.41, 5.74) is 2.80. The molecule has 14 heteroatoms. The van der Waals surface area contributed by atoms with Crippen LogP contribution in [0.5, 0.6) is 5.75 Å². The van der Waals surface area contributed by atoms with E-state index in [9.17, 15) is 32.8 Å². The molecule has 3 aromatic carbocycles. The van der Waals surface area contributed by atoms with Crippen molar-refractivity contribution in [2.45, 2.75) is 17.4 Å². The molecular weight excluding hydrogens is 578 g/mol. The van der Waals surface area contributed by atoms with Crippen LogP contribution in [0.2, 0.25) is 10.0 Å². The number of hydrogen-bond donors (Lipinski definition) is 4. The highest BCUT2D eigenvalue weighted by molar-refractivity contribution is 7.90. The van der Waals surface area contributed by atoms with Crippen molar-refractivity contribution in [3.63, 3.8) is 0 Å². The van der Waals surface area contributed by atoms with Crippen LogP contribution in [0.3, 0.4) is 0 Å². The summed E-state index contributed by atoms with van der Waals surface area (Å²) in [7, 11) is -6.92. The topological polar surface area (TPSA) is 159 Å². The number of sulfone groups is 1. The van der Waals surface area contributed by atoms with E-state index in [0.29, 0.717) is 5.56 Å². The van der Waals surface area contributed by atoms with Crippen LogP contribution in [-0.2, 0) is 30.2 Å². The molecule has 0 saturated heterocycles. The number of rotatable bonds is 10. The summed E-state index contributed by atoms with van der Waals surface area (Å²) in [5.74, 6) is -2.31. The Balaban J connectivity index is 1.76. The smallest absolute Gasteiger partial charge is 0.326 e. The first-order valence-corrected chi connectivity index (χ1v) is 15.5. The maximum atomic E-state index is 12.9. The lowest BCUT2D eigenvalue weighted by Gasteiger charge is -2.18. The third kappa shape index (κ3) is 7.49. The van der Waals surface area contributed by atoms with Gasteiger partial charge in [-0.3, -0.25) is 14.8 Å². The monoisotopic (exact) mass is 600 g/mol. The zero-order chi connectivity index (χ0) is 28.3. The van der Waals surface area contributed by atoms with Crippen molar-refractivity contribution in [1.29, 1.82) is 0 Å². The molecule has 202 valence electrons. The molecule has 0 heterocycles. The molecule has 3 aromatic rings. The van der Waals surface area contributed by atoms with Gasteiger partial charge in [-0.2, -0.15) is 0 Å². The number of nitrogens with one attached hydrogen (secondary N) is 2. The van der Waals surface area contributed by atoms with Crippen molar-refractivity contribution in [2.75, 3.05) is 18.4 Å². The fraction of sp³-hybridized carbons (Fsp3) is 0.167. The number of halogens is 2. The molecule has 0 radical (unpaired) electrons. The van der Waals surface area contributed by atoms with Gasteiger partial charge in [-0.15, -0.1) is 0 Å². The molecule has 0 spiro atoms. The number of carboxylic acids is 1. The SMILES string of the molecule is CP(=O)(ONc1cc(Cl)c(C(=O)N[C@@H](Cc2cccc(S(C)(=O)=O)c2)C(=O)O)c(Cl)c1)c1cccc(O)c1. The third-order valence-corrected chi connectivity index (χ3v) is 8.64. The van der Waals surface area contributed by atoms with E-state index in [4.69, 9.17) is 27.8 Å². The Morgan fingerprint density at radius 1 is 1.05 bits per heavy atom. The van der Waals surface area contributed by atoms with Gasteiger partial charge in [0.1, 0.15) is 11.8 Å². The van der Waals surface area contributed by atoms with Crippen LogP contribution < -0.4 is 16.1 Å². The number of carboxylic acid groups (broad SMARTS) is 1. The summed E-state index contributed by atoms with van der Waals surface area (Å²) in [4.78, 5) is 24.7. The summed E-state index contributed by atoms with van der Waals surface area (Å²) in [6, 6.07) is 12.6. The fourth-order valence-electron chi connectivity index (χ4n) is 3.36. The van der Waals surface area contributed by atoms with Crippen LogP contribution in [0, 0.1) is 0 Å². The van der Waals surface area contributed by atoms with E-state index in [0.717, 1.165) is 6.26 Å². The van der Waals surface area contributed by atoms with Gasteiger partial charge in [0.15, 0.2) is 9.84 Å². The fourth-order valence-corrected chi connectivity index (χ4v) is 5.82. The lowest BCUT2D eigenvalue weighted by molar-refractivity contribution is -0.139. The number of hydrogen-bond acceptors (Lipinski definition) is 8. The Morgan fingerprint density at radius 3 is 2.26 bits per heavy atom. The summed E-state index contributed by atoms with van der Waals surface area (Å²) >= 11 is 12.5. The molecule has 0 aliphatic rings. The van der Waals surface area contributed by atoms with Crippen molar-refractivity contribution >= 4 is 63.3 Å². The molecule has 3 rings (SSSR count). The Bertz CT molecular complexity index is 1520. The molecule has 1 amide bonds. The van der Waals surface area contributed by atoms with E-state index in [2.05, 4.69) is 10.8 Å². The van der Waals surface area contributed by atoms with Gasteiger partial charge < -0.3 is 15.5 Å². The van der Waals surface area contributed by atoms with Gasteiger partial charge in [0, 0.05) is 24.6 Å². The second kappa shape index (κ2) is 11.8. The van der Waals surface area contributed by atoms with Gasteiger partial charge in [-0.1, -0.05) is 41.4 Å². The predicted octanol–water partition coefficient (Wildman–Crippen LogP) is 4.11. The van der Waals surface area contributed by atoms with Gasteiger partial charge in [-0.05, 0) is 48.0 Å². The number of anilines is 1. The molecule has 0 aliphatic carbocycles. The van der Waals surface area contributed by atoms with Crippen molar-refractivity contribution in [2.24, 2.45) is 0 Å². The molecule has 2 atom stereocenters. The molecule has 38 heavy (non-hydrogen) atoms. The third-order valence-electron chi connectivity index (χ3n) is 5.28. The molecular formula is C24H23Cl2N2O8PS. The second-order valence-electron chi connectivity index (χ2n) is 8.36. The maximum Gasteiger partial charge on any atom is 0.326 e. The summed E-state index contributed by atoms with van der Waals surface area (Å²) in [5, 5.41) is 21.5. The maximum absolute atomic E-state index is 12.9. The number of phenolic OH excluding ortho intramolecular Hbond substituents is 1. The number of aromatic hydroxyl groups is 1. The molecule has 10 nitrogen and oxygen atoms in total. The number of amides is 1. The van der Waals surface area contributed by atoms with Crippen LogP contribution in [0.1, 0.15) is 15.9 Å². The van der Waals surface area contributed by atoms with Crippen LogP contribution in [-0.4, -0.2) is 49.5 Å². The molecule has 0 aromatic heterocycles. The van der Waals surface area contributed by atoms with E-state index in [1.807, 2.05) is 0 Å². The second-order valence-corrected chi connectivity index (χ2v) is 13.6. The summed E-state index contributed by atoms with van der Waals surface area (Å²) in [6.45, 7) is 1.33. The highest BCUT2D eigenvalue weighted by Crippen LogP contribution is 2.42. The zero-order valence-electron chi connectivity index (χ0n) is 20.0. The van der Waals surface area contributed by atoms with E-state index >= 15 is 0 Å². The van der Waals surface area contributed by atoms with Crippen molar-refractivity contribution < 1.29 is 37.4 Å². The molecule has 1 unspecified atom stereocenters. The minimum atomic E-state index is -3.51. The molecule has 0 bridgehead atoms. The lowest BCUT2D eigenvalue weighted by atomic mass is 10.1. The van der Waals surface area contributed by atoms with Gasteiger partial charge >= 0.3 is 5.97 Å². The number of phenols is 1. The first-order valence-electron chi connectivity index (χ1n) is 10.8. The van der Waals surface area contributed by atoms with Gasteiger partial charge in [0.25, 0.3) is 13.3 Å². The van der Waals surface area contributed by atoms with Crippen LogP contribution >= 0.6 is 30.6 Å². The zero-order valence-corrected chi connectivity index (χ0v) is 23.2. The van der Waals surface area contributed by atoms with Crippen molar-refractivity contribution in [3.05, 3.63) is 81.8 Å². The average Bonchev–Trinajstić information content (AvgIpc) is 2.81. The lowest BCUT2D eigenvalue weighted by Crippen LogP contribution is -2.42. The van der Waals surface area contributed by atoms with Gasteiger partial charge in [0.2, 0.25) is 0 Å². The number of carbonyl (C=O) groups is 2. The molecule has 0 aliphatic heterocycles. The van der Waals surface area contributed by atoms with E-state index in [-0.39, 0.29) is 43.7 Å². The quantitative estimate of drug-likeness (QED) is 0.198. The molecule has 0 fully saturated rings. The number of benzene rings is 3. The first-order chi connectivity index (χ1) is 17.7. The van der Waals surface area contributed by atoms with Crippen molar-refractivity contribution in [3.8, 4) is 5.75 Å². The Hall–Kier alpha value is -3.08. The molecule has 4 N–H and O–H groups in total. The predicted molar refractivity (Wildman–Crippen MR) is 145 cm³/mol. The van der Waals surface area contributed by atoms with E-state index in [1.54, 1.807) is 6.07 Å². The van der Waals surface area contributed by atoms with Gasteiger partial charge in [0.05, 0.1) is 26.2 Å². The normalized spacial score (nSPS) is 13.8. The minimum absolute atomic E-state index is 0.0163. The van der Waals surface area contributed by atoms with Crippen LogP contribution in [0.15, 0.2) is 65.6 Å². The van der Waals surface area contributed by atoms with E-state index < -0.39 is 35.1 Å². The Morgan fingerprint density at radius 2 is 1.68 bits per heavy atom. The highest BCUT2D eigenvalue weighted by Gasteiger charge is 2.26. The standard InChI is InChI=1S/C24H23Cl2N2O8PS/c1-37(33,17-7-4-6-16(29)13-17)36-28-15-11-19(25)22(20(26)12-15)23(30)27-21(24(31)32)10-14-5-3-8-18(9-14)38(2,34)35/h3-9,11-13,21,28-29H,10H2,1-2H3,(H,27,30)(H,31,32)/t21-,37?/m0/s1. The Kier molecular flexibility index (Phi) is 9.12. The number of carbonyl (C=O) groups excluding carboxylic acids is 1. The van der Waals surface area contributed by atoms with E-state index in [1.165, 1.54) is 61.3 Å². The minimum Gasteiger partial charge on any atom is -0.508 e. The van der Waals surface area contributed by atoms with Gasteiger partial charge in [-0.25, -0.2) is 17.8 Å². The summed E-state index contributed by atoms with van der Waals surface area (Å²) in [6.07, 6.45) is 0.829. The van der Waals surface area contributed by atoms with Crippen molar-refractivity contribution in [1.82, 2.24) is 5.32 Å².